The summed E-state index contributed by atoms with van der Waals surface area (Å²) in [5.41, 5.74) is 1.14. The molecule has 0 aliphatic carbocycles. The summed E-state index contributed by atoms with van der Waals surface area (Å²) in [6.07, 6.45) is 0. The number of aromatic amines is 1. The molecule has 0 radical (unpaired) electrons. The Balaban J connectivity index is 2.21. The molecule has 0 spiro atoms. The summed E-state index contributed by atoms with van der Waals surface area (Å²) in [5, 5.41) is 18.8. The second kappa shape index (κ2) is 5.59. The molecule has 2 rings (SSSR count). The topological polar surface area (TPSA) is 86.6 Å². The van der Waals surface area contributed by atoms with Crippen molar-refractivity contribution in [1.82, 2.24) is 15.2 Å². The first-order valence-corrected chi connectivity index (χ1v) is 6.04. The lowest BCUT2D eigenvalue weighted by Gasteiger charge is -2.06. The highest BCUT2D eigenvalue weighted by Gasteiger charge is 2.09. The van der Waals surface area contributed by atoms with Crippen molar-refractivity contribution in [3.63, 3.8) is 0 Å². The quantitative estimate of drug-likeness (QED) is 0.839. The van der Waals surface area contributed by atoms with E-state index in [0.717, 1.165) is 5.56 Å². The van der Waals surface area contributed by atoms with Gasteiger partial charge in [-0.25, -0.2) is 4.98 Å². The Morgan fingerprint density at radius 2 is 2.32 bits per heavy atom. The molecule has 19 heavy (non-hydrogen) atoms. The third-order valence-corrected chi connectivity index (χ3v) is 2.67. The van der Waals surface area contributed by atoms with Crippen LogP contribution in [0, 0.1) is 18.3 Å². The van der Waals surface area contributed by atoms with Gasteiger partial charge in [0.25, 0.3) is 0 Å². The second-order valence-electron chi connectivity index (χ2n) is 3.78. The maximum absolute atomic E-state index is 8.91. The number of halogens is 1. The number of nitrogens with one attached hydrogen (secondary N) is 2. The monoisotopic (exact) mass is 277 g/mol. The van der Waals surface area contributed by atoms with Gasteiger partial charge in [0.15, 0.2) is 0 Å². The number of nitrogens with zero attached hydrogens (tertiary/aromatic N) is 3. The fraction of sp³-hybridized carbons (Fsp3) is 0.250. The van der Waals surface area contributed by atoms with E-state index >= 15 is 0 Å². The third-order valence-electron chi connectivity index (χ3n) is 2.39. The van der Waals surface area contributed by atoms with Crippen molar-refractivity contribution in [3.8, 4) is 11.9 Å². The molecule has 98 valence electrons. The summed E-state index contributed by atoms with van der Waals surface area (Å²) in [4.78, 5) is 4.10. The fourth-order valence-electron chi connectivity index (χ4n) is 1.56. The van der Waals surface area contributed by atoms with Crippen LogP contribution in [0.2, 0.25) is 5.15 Å². The van der Waals surface area contributed by atoms with Gasteiger partial charge in [0.05, 0.1) is 12.2 Å². The molecule has 0 atom stereocenters. The lowest BCUT2D eigenvalue weighted by Crippen LogP contribution is -1.97. The molecule has 2 heterocycles. The Labute approximate surface area is 115 Å². The SMILES string of the molecule is CCOc1cc(Nc2cc(C)c(C#N)c(Cl)n2)[nH]n1. The van der Waals surface area contributed by atoms with E-state index in [4.69, 9.17) is 21.6 Å². The molecule has 0 aromatic carbocycles. The zero-order valence-corrected chi connectivity index (χ0v) is 11.2. The van der Waals surface area contributed by atoms with Crippen LogP contribution in [0.3, 0.4) is 0 Å². The van der Waals surface area contributed by atoms with Gasteiger partial charge in [-0.05, 0) is 25.5 Å². The zero-order chi connectivity index (χ0) is 13.8. The van der Waals surface area contributed by atoms with E-state index in [0.29, 0.717) is 29.7 Å². The van der Waals surface area contributed by atoms with Crippen molar-refractivity contribution in [1.29, 1.82) is 5.26 Å². The normalized spacial score (nSPS) is 10.0. The van der Waals surface area contributed by atoms with Crippen molar-refractivity contribution >= 4 is 23.2 Å². The molecule has 0 aliphatic rings. The Bertz CT molecular complexity index is 608. The van der Waals surface area contributed by atoms with E-state index in [1.54, 1.807) is 19.1 Å². The number of anilines is 2. The summed E-state index contributed by atoms with van der Waals surface area (Å²) < 4.78 is 5.24. The lowest BCUT2D eigenvalue weighted by molar-refractivity contribution is 0.326. The molecular formula is C12H12ClN5O. The molecule has 0 amide bonds. The van der Waals surface area contributed by atoms with E-state index in [1.165, 1.54) is 0 Å². The molecule has 6 nitrogen and oxygen atoms in total. The first-order chi connectivity index (χ1) is 9.13. The smallest absolute Gasteiger partial charge is 0.234 e. The average molecular weight is 278 g/mol. The molecule has 0 aliphatic heterocycles. The Morgan fingerprint density at radius 3 is 2.95 bits per heavy atom. The number of nitriles is 1. The number of pyridine rings is 1. The lowest BCUT2D eigenvalue weighted by atomic mass is 10.2. The first-order valence-electron chi connectivity index (χ1n) is 5.66. The number of hydrogen-bond donors (Lipinski definition) is 2. The van der Waals surface area contributed by atoms with Crippen molar-refractivity contribution < 1.29 is 4.74 Å². The Kier molecular flexibility index (Phi) is 3.88. The van der Waals surface area contributed by atoms with Gasteiger partial charge >= 0.3 is 0 Å². The number of rotatable bonds is 4. The van der Waals surface area contributed by atoms with Gasteiger partial charge in [0, 0.05) is 6.07 Å². The minimum atomic E-state index is 0.176. The third kappa shape index (κ3) is 2.95. The van der Waals surface area contributed by atoms with Gasteiger partial charge in [0.1, 0.15) is 22.9 Å². The minimum absolute atomic E-state index is 0.176. The molecule has 0 saturated heterocycles. The Hall–Kier alpha value is -2.26. The fourth-order valence-corrected chi connectivity index (χ4v) is 1.84. The molecule has 0 bridgehead atoms. The van der Waals surface area contributed by atoms with E-state index in [-0.39, 0.29) is 5.15 Å². The minimum Gasteiger partial charge on any atom is -0.477 e. The second-order valence-corrected chi connectivity index (χ2v) is 4.14. The summed E-state index contributed by atoms with van der Waals surface area (Å²) in [6, 6.07) is 5.47. The van der Waals surface area contributed by atoms with Crippen LogP contribution >= 0.6 is 11.6 Å². The van der Waals surface area contributed by atoms with Crippen LogP contribution in [0.25, 0.3) is 0 Å². The predicted molar refractivity (Wildman–Crippen MR) is 71.7 cm³/mol. The molecule has 2 aromatic heterocycles. The highest BCUT2D eigenvalue weighted by atomic mass is 35.5. The largest absolute Gasteiger partial charge is 0.477 e. The standard InChI is InChI=1S/C12H12ClN5O/c1-3-19-11-5-10(17-18-11)15-9-4-7(2)8(6-14)12(13)16-9/h4-5H,3H2,1-2H3,(H2,15,16,17,18). The molecule has 2 aromatic rings. The molecule has 2 N–H and O–H groups in total. The maximum atomic E-state index is 8.91. The number of H-pyrrole nitrogens is 1. The summed E-state index contributed by atoms with van der Waals surface area (Å²) in [5.74, 6) is 1.67. The molecule has 0 saturated carbocycles. The predicted octanol–water partition coefficient (Wildman–Crippen LogP) is 2.78. The van der Waals surface area contributed by atoms with Crippen LogP contribution in [0.4, 0.5) is 11.6 Å². The van der Waals surface area contributed by atoms with Gasteiger partial charge in [-0.15, -0.1) is 5.10 Å². The van der Waals surface area contributed by atoms with Gasteiger partial charge in [0.2, 0.25) is 5.88 Å². The molecule has 0 unspecified atom stereocenters. The van der Waals surface area contributed by atoms with Crippen LogP contribution in [0.15, 0.2) is 12.1 Å². The van der Waals surface area contributed by atoms with Crippen molar-refractivity contribution in [2.45, 2.75) is 13.8 Å². The number of aryl methyl sites for hydroxylation is 1. The van der Waals surface area contributed by atoms with E-state index < -0.39 is 0 Å². The van der Waals surface area contributed by atoms with E-state index in [2.05, 4.69) is 20.5 Å². The number of aromatic nitrogens is 3. The van der Waals surface area contributed by atoms with Crippen molar-refractivity contribution in [2.75, 3.05) is 11.9 Å². The maximum Gasteiger partial charge on any atom is 0.234 e. The Morgan fingerprint density at radius 1 is 1.53 bits per heavy atom. The van der Waals surface area contributed by atoms with Crippen LogP contribution < -0.4 is 10.1 Å². The highest BCUT2D eigenvalue weighted by molar-refractivity contribution is 6.30. The van der Waals surface area contributed by atoms with Gasteiger partial charge in [-0.1, -0.05) is 11.6 Å². The van der Waals surface area contributed by atoms with E-state index in [9.17, 15) is 0 Å². The molecular weight excluding hydrogens is 266 g/mol. The number of hydrogen-bond acceptors (Lipinski definition) is 5. The first kappa shape index (κ1) is 13.2. The van der Waals surface area contributed by atoms with E-state index in [1.807, 2.05) is 13.0 Å². The summed E-state index contributed by atoms with van der Waals surface area (Å²) in [7, 11) is 0. The van der Waals surface area contributed by atoms with Gasteiger partial charge < -0.3 is 10.1 Å². The van der Waals surface area contributed by atoms with Crippen LogP contribution in [0.5, 0.6) is 5.88 Å². The van der Waals surface area contributed by atoms with Crippen molar-refractivity contribution in [3.05, 3.63) is 28.4 Å². The van der Waals surface area contributed by atoms with Gasteiger partial charge in [-0.2, -0.15) is 5.26 Å². The van der Waals surface area contributed by atoms with Crippen LogP contribution in [-0.4, -0.2) is 21.8 Å². The number of ether oxygens (including phenoxy) is 1. The average Bonchev–Trinajstić information content (AvgIpc) is 2.77. The van der Waals surface area contributed by atoms with Crippen molar-refractivity contribution in [2.24, 2.45) is 0 Å². The summed E-state index contributed by atoms with van der Waals surface area (Å²) in [6.45, 7) is 4.23. The highest BCUT2D eigenvalue weighted by Crippen LogP contribution is 2.23. The zero-order valence-electron chi connectivity index (χ0n) is 10.5. The van der Waals surface area contributed by atoms with Crippen LogP contribution in [0.1, 0.15) is 18.1 Å². The molecule has 7 heteroatoms. The van der Waals surface area contributed by atoms with Crippen LogP contribution in [-0.2, 0) is 0 Å². The molecule has 0 fully saturated rings. The van der Waals surface area contributed by atoms with Gasteiger partial charge in [-0.3, -0.25) is 5.10 Å². The summed E-state index contributed by atoms with van der Waals surface area (Å²) >= 11 is 5.93.